The summed E-state index contributed by atoms with van der Waals surface area (Å²) >= 11 is 0. The molecule has 186 valence electrons. The van der Waals surface area contributed by atoms with Crippen LogP contribution in [-0.2, 0) is 9.53 Å². The van der Waals surface area contributed by atoms with E-state index in [1.165, 1.54) is 70.6 Å². The predicted octanol–water partition coefficient (Wildman–Crippen LogP) is 7.65. The highest BCUT2D eigenvalue weighted by molar-refractivity contribution is 5.89. The summed E-state index contributed by atoms with van der Waals surface area (Å²) < 4.78 is 5.28. The van der Waals surface area contributed by atoms with Crippen LogP contribution >= 0.6 is 0 Å². The fourth-order valence-electron chi connectivity index (χ4n) is 3.71. The Hall–Kier alpha value is -2.10. The molecule has 0 N–H and O–H groups in total. The van der Waals surface area contributed by atoms with Crippen molar-refractivity contribution in [2.75, 3.05) is 20.2 Å². The lowest BCUT2D eigenvalue weighted by Crippen LogP contribution is -2.30. The minimum atomic E-state index is -0.340. The number of allylic oxidation sites excluding steroid dienone is 2. The van der Waals surface area contributed by atoms with Gasteiger partial charge in [0.2, 0.25) is 5.91 Å². The van der Waals surface area contributed by atoms with Gasteiger partial charge in [-0.1, -0.05) is 88.1 Å². The van der Waals surface area contributed by atoms with Crippen LogP contribution in [0.1, 0.15) is 113 Å². The maximum atomic E-state index is 12.2. The third kappa shape index (κ3) is 15.4. The number of hydrogen-bond donors (Lipinski definition) is 0. The van der Waals surface area contributed by atoms with Crippen LogP contribution in [0.2, 0.25) is 0 Å². The Morgan fingerprint density at radius 1 is 0.818 bits per heavy atom. The normalized spacial score (nSPS) is 11.1. The van der Waals surface area contributed by atoms with Crippen molar-refractivity contribution in [3.8, 4) is 0 Å². The number of aryl methyl sites for hydroxylation is 1. The number of rotatable bonds is 19. The van der Waals surface area contributed by atoms with Gasteiger partial charge in [-0.15, -0.1) is 0 Å². The highest BCUT2D eigenvalue weighted by atomic mass is 16.5. The summed E-state index contributed by atoms with van der Waals surface area (Å²) in [6.07, 6.45) is 21.6. The van der Waals surface area contributed by atoms with E-state index in [0.717, 1.165) is 18.4 Å². The molecule has 33 heavy (non-hydrogen) atoms. The summed E-state index contributed by atoms with van der Waals surface area (Å²) in [5, 5.41) is 0. The molecule has 4 nitrogen and oxygen atoms in total. The summed E-state index contributed by atoms with van der Waals surface area (Å²) in [5.41, 5.74) is 1.65. The number of carbonyl (C=O) groups is 2. The van der Waals surface area contributed by atoms with Crippen molar-refractivity contribution in [2.24, 2.45) is 0 Å². The zero-order chi connectivity index (χ0) is 24.2. The van der Waals surface area contributed by atoms with Crippen molar-refractivity contribution in [3.63, 3.8) is 0 Å². The molecular formula is C29H47NO3. The van der Waals surface area contributed by atoms with E-state index in [9.17, 15) is 9.59 Å². The van der Waals surface area contributed by atoms with E-state index in [4.69, 9.17) is 4.74 Å². The van der Waals surface area contributed by atoms with Gasteiger partial charge in [0.25, 0.3) is 0 Å². The van der Waals surface area contributed by atoms with Gasteiger partial charge in [0, 0.05) is 13.5 Å². The Morgan fingerprint density at radius 2 is 1.36 bits per heavy atom. The van der Waals surface area contributed by atoms with Crippen LogP contribution in [0.15, 0.2) is 36.4 Å². The zero-order valence-corrected chi connectivity index (χ0v) is 21.4. The molecular weight excluding hydrogens is 410 g/mol. The molecule has 1 aromatic carbocycles. The van der Waals surface area contributed by atoms with E-state index in [1.807, 2.05) is 19.1 Å². The number of unbranched alkanes of at least 4 members (excludes halogenated alkanes) is 11. The number of benzene rings is 1. The van der Waals surface area contributed by atoms with Crippen LogP contribution in [0.4, 0.5) is 0 Å². The first-order chi connectivity index (χ1) is 16.0. The average molecular weight is 458 g/mol. The molecule has 0 aliphatic rings. The van der Waals surface area contributed by atoms with Gasteiger partial charge in [-0.3, -0.25) is 4.79 Å². The van der Waals surface area contributed by atoms with Gasteiger partial charge in [-0.05, 0) is 51.2 Å². The van der Waals surface area contributed by atoms with Crippen molar-refractivity contribution in [1.29, 1.82) is 0 Å². The molecule has 0 saturated carbocycles. The van der Waals surface area contributed by atoms with Crippen molar-refractivity contribution < 1.29 is 14.3 Å². The van der Waals surface area contributed by atoms with Gasteiger partial charge in [-0.2, -0.15) is 0 Å². The highest BCUT2D eigenvalue weighted by Crippen LogP contribution is 2.11. The Kier molecular flexibility index (Phi) is 17.0. The Labute approximate surface area is 202 Å². The number of carbonyl (C=O) groups excluding carboxylic acids is 2. The number of hydrogen-bond acceptors (Lipinski definition) is 3. The molecule has 0 radical (unpaired) electrons. The molecule has 0 aromatic heterocycles. The van der Waals surface area contributed by atoms with Crippen LogP contribution < -0.4 is 0 Å². The maximum Gasteiger partial charge on any atom is 0.338 e. The van der Waals surface area contributed by atoms with Crippen LogP contribution in [0.5, 0.6) is 0 Å². The molecule has 0 saturated heterocycles. The molecule has 0 fully saturated rings. The van der Waals surface area contributed by atoms with Crippen molar-refractivity contribution >= 4 is 11.9 Å². The van der Waals surface area contributed by atoms with Crippen LogP contribution in [0.25, 0.3) is 0 Å². The third-order valence-electron chi connectivity index (χ3n) is 6.03. The standard InChI is InChI=1S/C29H47NO3/c1-4-5-6-7-8-9-10-11-12-13-14-15-16-17-18-19-28(31)30(3)24-25-33-29(32)27-22-20-26(2)21-23-27/h11-12,20-23H,4-10,13-19,24-25H2,1-3H3/b12-11-. The largest absolute Gasteiger partial charge is 0.460 e. The molecule has 0 unspecified atom stereocenters. The lowest BCUT2D eigenvalue weighted by Gasteiger charge is -2.17. The van der Waals surface area contributed by atoms with Gasteiger partial charge in [0.15, 0.2) is 0 Å². The molecule has 1 aromatic rings. The molecule has 4 heteroatoms. The number of nitrogens with zero attached hydrogens (tertiary/aromatic N) is 1. The van der Waals surface area contributed by atoms with E-state index >= 15 is 0 Å². The number of esters is 1. The first kappa shape index (κ1) is 28.9. The lowest BCUT2D eigenvalue weighted by atomic mass is 10.1. The Morgan fingerprint density at radius 3 is 1.97 bits per heavy atom. The fourth-order valence-corrected chi connectivity index (χ4v) is 3.71. The predicted molar refractivity (Wildman–Crippen MR) is 139 cm³/mol. The Bertz CT molecular complexity index is 666. The van der Waals surface area contributed by atoms with Crippen LogP contribution in [0, 0.1) is 6.92 Å². The maximum absolute atomic E-state index is 12.2. The second-order valence-electron chi connectivity index (χ2n) is 9.15. The SMILES string of the molecule is CCCCCCCC/C=C\CCCCCCCC(=O)N(C)CCOC(=O)c1ccc(C)cc1. The summed E-state index contributed by atoms with van der Waals surface area (Å²) in [5.74, 6) is -0.216. The zero-order valence-electron chi connectivity index (χ0n) is 21.4. The van der Waals surface area contributed by atoms with Gasteiger partial charge < -0.3 is 9.64 Å². The number of likely N-dealkylation sites (N-methyl/N-ethyl adjacent to an activating group) is 1. The minimum Gasteiger partial charge on any atom is -0.460 e. The fraction of sp³-hybridized carbons (Fsp3) is 0.655. The molecule has 0 aliphatic carbocycles. The van der Waals surface area contributed by atoms with Crippen LogP contribution in [-0.4, -0.2) is 37.0 Å². The van der Waals surface area contributed by atoms with Crippen molar-refractivity contribution in [3.05, 3.63) is 47.5 Å². The molecule has 1 rings (SSSR count). The van der Waals surface area contributed by atoms with E-state index in [0.29, 0.717) is 18.5 Å². The van der Waals surface area contributed by atoms with Crippen molar-refractivity contribution in [2.45, 2.75) is 104 Å². The summed E-state index contributed by atoms with van der Waals surface area (Å²) in [7, 11) is 1.78. The van der Waals surface area contributed by atoms with E-state index in [2.05, 4.69) is 19.1 Å². The van der Waals surface area contributed by atoms with E-state index < -0.39 is 0 Å². The first-order valence-corrected chi connectivity index (χ1v) is 13.2. The summed E-state index contributed by atoms with van der Waals surface area (Å²) in [6.45, 7) is 4.90. The average Bonchev–Trinajstić information content (AvgIpc) is 2.81. The van der Waals surface area contributed by atoms with Crippen molar-refractivity contribution in [1.82, 2.24) is 4.90 Å². The van der Waals surface area contributed by atoms with Gasteiger partial charge >= 0.3 is 5.97 Å². The summed E-state index contributed by atoms with van der Waals surface area (Å²) in [6, 6.07) is 7.30. The first-order valence-electron chi connectivity index (χ1n) is 13.2. The monoisotopic (exact) mass is 457 g/mol. The molecule has 1 amide bonds. The van der Waals surface area contributed by atoms with Gasteiger partial charge in [-0.25, -0.2) is 4.79 Å². The minimum absolute atomic E-state index is 0.124. The molecule has 0 bridgehead atoms. The smallest absolute Gasteiger partial charge is 0.338 e. The van der Waals surface area contributed by atoms with Crippen LogP contribution in [0.3, 0.4) is 0 Å². The number of amides is 1. The third-order valence-corrected chi connectivity index (χ3v) is 6.03. The van der Waals surface area contributed by atoms with Gasteiger partial charge in [0.1, 0.15) is 6.61 Å². The van der Waals surface area contributed by atoms with Gasteiger partial charge in [0.05, 0.1) is 12.1 Å². The Balaban J connectivity index is 1.94. The highest BCUT2D eigenvalue weighted by Gasteiger charge is 2.10. The lowest BCUT2D eigenvalue weighted by molar-refractivity contribution is -0.130. The number of ether oxygens (including phenoxy) is 1. The van der Waals surface area contributed by atoms with E-state index in [-0.39, 0.29) is 18.5 Å². The molecule has 0 heterocycles. The molecule has 0 spiro atoms. The second kappa shape index (κ2) is 19.4. The topological polar surface area (TPSA) is 46.6 Å². The van der Waals surface area contributed by atoms with E-state index in [1.54, 1.807) is 24.1 Å². The summed E-state index contributed by atoms with van der Waals surface area (Å²) in [4.78, 5) is 25.9. The molecule has 0 atom stereocenters. The quantitative estimate of drug-likeness (QED) is 0.122. The molecule has 0 aliphatic heterocycles. The second-order valence-corrected chi connectivity index (χ2v) is 9.15.